The molecule has 1 N–H and O–H groups in total. The quantitative estimate of drug-likeness (QED) is 0.793. The summed E-state index contributed by atoms with van der Waals surface area (Å²) in [5.41, 5.74) is 1.29. The highest BCUT2D eigenvalue weighted by Gasteiger charge is 2.10. The second-order valence-corrected chi connectivity index (χ2v) is 5.62. The molecule has 0 aliphatic rings. The zero-order valence-electron chi connectivity index (χ0n) is 12.8. The molecule has 2 aromatic rings. The third kappa shape index (κ3) is 4.88. The lowest BCUT2D eigenvalue weighted by Gasteiger charge is -2.10. The van der Waals surface area contributed by atoms with Crippen molar-refractivity contribution in [3.63, 3.8) is 0 Å². The first-order valence-corrected chi connectivity index (χ1v) is 7.77. The highest BCUT2D eigenvalue weighted by Crippen LogP contribution is 2.32. The van der Waals surface area contributed by atoms with Crippen molar-refractivity contribution in [1.29, 1.82) is 0 Å². The Kier molecular flexibility index (Phi) is 6.46. The first kappa shape index (κ1) is 18.1. The molecule has 0 saturated carbocycles. The highest BCUT2D eigenvalue weighted by atomic mass is 35.5. The number of ether oxygens (including phenoxy) is 2. The third-order valence-electron chi connectivity index (χ3n) is 3.13. The van der Waals surface area contributed by atoms with Crippen molar-refractivity contribution in [2.75, 3.05) is 13.7 Å². The van der Waals surface area contributed by atoms with Crippen LogP contribution in [0, 0.1) is 0 Å². The van der Waals surface area contributed by atoms with E-state index in [1.54, 1.807) is 42.5 Å². The summed E-state index contributed by atoms with van der Waals surface area (Å²) in [5.74, 6) is -0.447. The number of amides is 1. The van der Waals surface area contributed by atoms with Crippen LogP contribution in [-0.4, -0.2) is 25.6 Å². The third-order valence-corrected chi connectivity index (χ3v) is 3.73. The number of hydrogen-bond donors (Lipinski definition) is 1. The topological polar surface area (TPSA) is 64.6 Å². The summed E-state index contributed by atoms with van der Waals surface area (Å²) in [7, 11) is 1.32. The molecule has 2 aromatic carbocycles. The van der Waals surface area contributed by atoms with Gasteiger partial charge in [-0.25, -0.2) is 4.79 Å². The monoisotopic (exact) mass is 367 g/mol. The summed E-state index contributed by atoms with van der Waals surface area (Å²) in [6.45, 7) is 0.101. The van der Waals surface area contributed by atoms with Crippen LogP contribution < -0.4 is 10.1 Å². The van der Waals surface area contributed by atoms with Crippen LogP contribution in [0.3, 0.4) is 0 Å². The summed E-state index contributed by atoms with van der Waals surface area (Å²) in [5, 5.41) is 3.39. The molecule has 2 rings (SSSR count). The molecule has 126 valence electrons. The normalized spacial score (nSPS) is 10.1. The zero-order valence-corrected chi connectivity index (χ0v) is 14.4. The van der Waals surface area contributed by atoms with Gasteiger partial charge in [-0.15, -0.1) is 0 Å². The van der Waals surface area contributed by atoms with Gasteiger partial charge in [-0.1, -0.05) is 41.4 Å². The van der Waals surface area contributed by atoms with Gasteiger partial charge in [0.1, 0.15) is 0 Å². The number of carbonyl (C=O) groups excluding carboxylic acids is 2. The minimum Gasteiger partial charge on any atom is -0.481 e. The highest BCUT2D eigenvalue weighted by molar-refractivity contribution is 6.37. The minimum atomic E-state index is -0.407. The number of benzene rings is 2. The number of methoxy groups -OCH3 is 1. The van der Waals surface area contributed by atoms with Crippen LogP contribution in [0.25, 0.3) is 0 Å². The minimum absolute atomic E-state index is 0.205. The number of halogens is 2. The van der Waals surface area contributed by atoms with Crippen LogP contribution in [0.5, 0.6) is 5.75 Å². The Morgan fingerprint density at radius 1 is 1.04 bits per heavy atom. The summed E-state index contributed by atoms with van der Waals surface area (Å²) in [4.78, 5) is 23.2. The maximum absolute atomic E-state index is 11.8. The predicted octanol–water partition coefficient (Wildman–Crippen LogP) is 3.48. The number of esters is 1. The molecule has 0 fully saturated rings. The molecule has 0 spiro atoms. The van der Waals surface area contributed by atoms with Crippen LogP contribution in [0.4, 0.5) is 0 Å². The average Bonchev–Trinajstić information content (AvgIpc) is 2.59. The molecule has 0 atom stereocenters. The Bertz CT molecular complexity index is 712. The van der Waals surface area contributed by atoms with Crippen molar-refractivity contribution in [3.05, 3.63) is 63.6 Å². The molecule has 1 amide bonds. The van der Waals surface area contributed by atoms with Gasteiger partial charge in [-0.05, 0) is 29.8 Å². The number of hydrogen-bond acceptors (Lipinski definition) is 4. The van der Waals surface area contributed by atoms with Crippen molar-refractivity contribution in [1.82, 2.24) is 5.32 Å². The van der Waals surface area contributed by atoms with Gasteiger partial charge in [0, 0.05) is 6.54 Å². The Labute approximate surface area is 149 Å². The van der Waals surface area contributed by atoms with Crippen molar-refractivity contribution >= 4 is 35.1 Å². The summed E-state index contributed by atoms with van der Waals surface area (Å²) in [6, 6.07) is 11.7. The average molecular weight is 368 g/mol. The number of carbonyl (C=O) groups is 2. The van der Waals surface area contributed by atoms with E-state index in [9.17, 15) is 9.59 Å². The molecule has 0 radical (unpaired) electrons. The molecule has 24 heavy (non-hydrogen) atoms. The Morgan fingerprint density at radius 2 is 1.67 bits per heavy atom. The maximum Gasteiger partial charge on any atom is 0.337 e. The van der Waals surface area contributed by atoms with Crippen molar-refractivity contribution in [2.24, 2.45) is 0 Å². The predicted molar refractivity (Wildman–Crippen MR) is 91.6 cm³/mol. The van der Waals surface area contributed by atoms with E-state index in [1.165, 1.54) is 7.11 Å². The van der Waals surface area contributed by atoms with Gasteiger partial charge in [-0.2, -0.15) is 0 Å². The standard InChI is InChI=1S/C17H15Cl2NO4/c1-23-17(22)12-7-5-11(6-8-12)9-20-15(21)10-24-16-13(18)3-2-4-14(16)19/h2-8H,9-10H2,1H3,(H,20,21). The lowest BCUT2D eigenvalue weighted by Crippen LogP contribution is -2.28. The molecular weight excluding hydrogens is 353 g/mol. The van der Waals surface area contributed by atoms with E-state index in [1.807, 2.05) is 0 Å². The lowest BCUT2D eigenvalue weighted by atomic mass is 10.1. The molecule has 0 bridgehead atoms. The lowest BCUT2D eigenvalue weighted by molar-refractivity contribution is -0.123. The number of para-hydroxylation sites is 1. The van der Waals surface area contributed by atoms with E-state index < -0.39 is 5.97 Å². The molecular formula is C17H15Cl2NO4. The van der Waals surface area contributed by atoms with E-state index in [0.717, 1.165) is 5.56 Å². The fourth-order valence-corrected chi connectivity index (χ4v) is 2.39. The first-order valence-electron chi connectivity index (χ1n) is 7.02. The second kappa shape index (κ2) is 8.57. The van der Waals surface area contributed by atoms with E-state index in [2.05, 4.69) is 10.1 Å². The number of nitrogens with one attached hydrogen (secondary N) is 1. The van der Waals surface area contributed by atoms with E-state index in [4.69, 9.17) is 27.9 Å². The van der Waals surface area contributed by atoms with E-state index in [0.29, 0.717) is 22.2 Å². The summed E-state index contributed by atoms with van der Waals surface area (Å²) >= 11 is 11.9. The fraction of sp³-hybridized carbons (Fsp3) is 0.176. The van der Waals surface area contributed by atoms with Crippen molar-refractivity contribution in [3.8, 4) is 5.75 Å². The van der Waals surface area contributed by atoms with Gasteiger partial charge in [-0.3, -0.25) is 4.79 Å². The maximum atomic E-state index is 11.8. The van der Waals surface area contributed by atoms with Crippen LogP contribution in [0.15, 0.2) is 42.5 Å². The van der Waals surface area contributed by atoms with Gasteiger partial charge in [0.05, 0.1) is 22.7 Å². The molecule has 0 heterocycles. The molecule has 0 saturated heterocycles. The summed E-state index contributed by atoms with van der Waals surface area (Å²) in [6.07, 6.45) is 0. The second-order valence-electron chi connectivity index (χ2n) is 4.80. The van der Waals surface area contributed by atoms with Crippen LogP contribution >= 0.6 is 23.2 Å². The Balaban J connectivity index is 1.84. The molecule has 7 heteroatoms. The molecule has 0 aliphatic heterocycles. The van der Waals surface area contributed by atoms with Gasteiger partial charge in [0.2, 0.25) is 0 Å². The first-order chi connectivity index (χ1) is 11.5. The van der Waals surface area contributed by atoms with E-state index >= 15 is 0 Å². The Hall–Kier alpha value is -2.24. The van der Waals surface area contributed by atoms with Crippen molar-refractivity contribution in [2.45, 2.75) is 6.54 Å². The van der Waals surface area contributed by atoms with Gasteiger partial charge in [0.25, 0.3) is 5.91 Å². The smallest absolute Gasteiger partial charge is 0.337 e. The Morgan fingerprint density at radius 3 is 2.25 bits per heavy atom. The molecule has 0 unspecified atom stereocenters. The summed E-state index contributed by atoms with van der Waals surface area (Å²) < 4.78 is 9.97. The SMILES string of the molecule is COC(=O)c1ccc(CNC(=O)COc2c(Cl)cccc2Cl)cc1. The van der Waals surface area contributed by atoms with Crippen LogP contribution in [-0.2, 0) is 16.1 Å². The molecule has 5 nitrogen and oxygen atoms in total. The number of rotatable bonds is 6. The van der Waals surface area contributed by atoms with E-state index in [-0.39, 0.29) is 18.3 Å². The van der Waals surface area contributed by atoms with Crippen molar-refractivity contribution < 1.29 is 19.1 Å². The van der Waals surface area contributed by atoms with Gasteiger partial charge < -0.3 is 14.8 Å². The molecule has 0 aromatic heterocycles. The van der Waals surface area contributed by atoms with Gasteiger partial charge in [0.15, 0.2) is 12.4 Å². The fourth-order valence-electron chi connectivity index (χ4n) is 1.89. The van der Waals surface area contributed by atoms with Crippen LogP contribution in [0.2, 0.25) is 10.0 Å². The largest absolute Gasteiger partial charge is 0.481 e. The van der Waals surface area contributed by atoms with Gasteiger partial charge >= 0.3 is 5.97 Å². The van der Waals surface area contributed by atoms with Crippen LogP contribution in [0.1, 0.15) is 15.9 Å². The zero-order chi connectivity index (χ0) is 17.5. The molecule has 0 aliphatic carbocycles.